The molecule has 16 heavy (non-hydrogen) atoms. The molecule has 0 atom stereocenters. The molecule has 0 fully saturated rings. The van der Waals surface area contributed by atoms with Gasteiger partial charge in [-0.05, 0) is 18.6 Å². The van der Waals surface area contributed by atoms with E-state index in [-0.39, 0.29) is 5.78 Å². The molecule has 0 aliphatic rings. The van der Waals surface area contributed by atoms with Crippen LogP contribution in [-0.4, -0.2) is 17.7 Å². The first kappa shape index (κ1) is 13.7. The van der Waals surface area contributed by atoms with Crippen LogP contribution in [0.4, 0.5) is 0 Å². The van der Waals surface area contributed by atoms with Crippen molar-refractivity contribution in [3.63, 3.8) is 0 Å². The third kappa shape index (κ3) is 3.91. The maximum atomic E-state index is 11.3. The topological polar surface area (TPSA) is 26.3 Å². The SMILES string of the molecule is CCOc1cc(CC(=O)CBr)ccc1CBr. The van der Waals surface area contributed by atoms with E-state index in [4.69, 9.17) is 4.74 Å². The molecule has 1 aromatic rings. The third-order valence-electron chi connectivity index (χ3n) is 2.13. The van der Waals surface area contributed by atoms with E-state index in [1.165, 1.54) is 0 Å². The van der Waals surface area contributed by atoms with Crippen LogP contribution >= 0.6 is 31.9 Å². The van der Waals surface area contributed by atoms with Gasteiger partial charge >= 0.3 is 0 Å². The summed E-state index contributed by atoms with van der Waals surface area (Å²) in [5.41, 5.74) is 2.11. The number of rotatable bonds is 6. The summed E-state index contributed by atoms with van der Waals surface area (Å²) in [6.45, 7) is 2.59. The maximum absolute atomic E-state index is 11.3. The molecular formula is C12H14Br2O2. The van der Waals surface area contributed by atoms with Gasteiger partial charge in [0.05, 0.1) is 11.9 Å². The maximum Gasteiger partial charge on any atom is 0.147 e. The summed E-state index contributed by atoms with van der Waals surface area (Å²) in [7, 11) is 0. The van der Waals surface area contributed by atoms with E-state index in [2.05, 4.69) is 31.9 Å². The quantitative estimate of drug-likeness (QED) is 0.735. The van der Waals surface area contributed by atoms with Gasteiger partial charge in [-0.2, -0.15) is 0 Å². The highest BCUT2D eigenvalue weighted by Gasteiger charge is 2.07. The summed E-state index contributed by atoms with van der Waals surface area (Å²) in [5, 5.41) is 1.16. The Hall–Kier alpha value is -0.350. The number of carbonyl (C=O) groups is 1. The van der Waals surface area contributed by atoms with Gasteiger partial charge in [-0.3, -0.25) is 4.79 Å². The molecule has 0 saturated carbocycles. The van der Waals surface area contributed by atoms with Crippen molar-refractivity contribution in [1.29, 1.82) is 0 Å². The predicted octanol–water partition coefficient (Wildman–Crippen LogP) is 3.49. The zero-order chi connectivity index (χ0) is 12.0. The Balaban J connectivity index is 2.88. The molecule has 2 nitrogen and oxygen atoms in total. The molecule has 0 spiro atoms. The predicted molar refractivity (Wildman–Crippen MR) is 72.7 cm³/mol. The highest BCUT2D eigenvalue weighted by atomic mass is 79.9. The van der Waals surface area contributed by atoms with Gasteiger partial charge in [0.15, 0.2) is 0 Å². The second kappa shape index (κ2) is 7.07. The molecule has 0 saturated heterocycles. The molecule has 4 heteroatoms. The summed E-state index contributed by atoms with van der Waals surface area (Å²) in [6, 6.07) is 5.91. The summed E-state index contributed by atoms with van der Waals surface area (Å²) >= 11 is 6.57. The fraction of sp³-hybridized carbons (Fsp3) is 0.417. The Morgan fingerprint density at radius 2 is 2.12 bits per heavy atom. The van der Waals surface area contributed by atoms with Crippen LogP contribution in [-0.2, 0) is 16.5 Å². The fourth-order valence-corrected chi connectivity index (χ4v) is 2.05. The second-order valence-corrected chi connectivity index (χ2v) is 4.48. The lowest BCUT2D eigenvalue weighted by Gasteiger charge is -2.10. The Kier molecular flexibility index (Phi) is 6.06. The number of alkyl halides is 2. The first-order valence-corrected chi connectivity index (χ1v) is 7.33. The van der Waals surface area contributed by atoms with Crippen molar-refractivity contribution in [2.45, 2.75) is 18.7 Å². The highest BCUT2D eigenvalue weighted by Crippen LogP contribution is 2.23. The molecule has 0 aliphatic heterocycles. The molecule has 1 aromatic carbocycles. The van der Waals surface area contributed by atoms with Crippen LogP contribution < -0.4 is 4.74 Å². The van der Waals surface area contributed by atoms with Crippen LogP contribution in [0.2, 0.25) is 0 Å². The Morgan fingerprint density at radius 3 is 2.69 bits per heavy atom. The largest absolute Gasteiger partial charge is 0.494 e. The minimum absolute atomic E-state index is 0.175. The molecule has 0 aromatic heterocycles. The molecule has 88 valence electrons. The summed E-state index contributed by atoms with van der Waals surface area (Å²) in [6.07, 6.45) is 0.452. The normalized spacial score (nSPS) is 10.2. The van der Waals surface area contributed by atoms with Crippen LogP contribution in [0.5, 0.6) is 5.75 Å². The minimum Gasteiger partial charge on any atom is -0.494 e. The molecule has 1 rings (SSSR count). The number of ether oxygens (including phenoxy) is 1. The number of benzene rings is 1. The van der Waals surface area contributed by atoms with Crippen LogP contribution in [0, 0.1) is 0 Å². The number of hydrogen-bond donors (Lipinski definition) is 0. The van der Waals surface area contributed by atoms with Crippen molar-refractivity contribution in [1.82, 2.24) is 0 Å². The number of Topliss-reactive ketones (excluding diaryl/α,β-unsaturated/α-hetero) is 1. The van der Waals surface area contributed by atoms with Gasteiger partial charge in [-0.25, -0.2) is 0 Å². The lowest BCUT2D eigenvalue weighted by atomic mass is 10.1. The molecule has 0 amide bonds. The number of hydrogen-bond acceptors (Lipinski definition) is 2. The summed E-state index contributed by atoms with van der Waals surface area (Å²) in [5.74, 6) is 1.04. The zero-order valence-electron chi connectivity index (χ0n) is 9.13. The Bertz CT molecular complexity index is 364. The summed E-state index contributed by atoms with van der Waals surface area (Å²) < 4.78 is 5.53. The third-order valence-corrected chi connectivity index (χ3v) is 3.36. The number of ketones is 1. The van der Waals surface area contributed by atoms with E-state index in [1.807, 2.05) is 25.1 Å². The van der Waals surface area contributed by atoms with Crippen LogP contribution in [0.15, 0.2) is 18.2 Å². The van der Waals surface area contributed by atoms with E-state index in [9.17, 15) is 4.79 Å². The van der Waals surface area contributed by atoms with E-state index < -0.39 is 0 Å². The van der Waals surface area contributed by atoms with E-state index in [1.54, 1.807) is 0 Å². The first-order chi connectivity index (χ1) is 7.71. The first-order valence-electron chi connectivity index (χ1n) is 5.09. The van der Waals surface area contributed by atoms with Gasteiger partial charge in [0.2, 0.25) is 0 Å². The lowest BCUT2D eigenvalue weighted by Crippen LogP contribution is -2.04. The van der Waals surface area contributed by atoms with Crippen LogP contribution in [0.3, 0.4) is 0 Å². The van der Waals surface area contributed by atoms with Crippen LogP contribution in [0.25, 0.3) is 0 Å². The van der Waals surface area contributed by atoms with E-state index >= 15 is 0 Å². The summed E-state index contributed by atoms with van der Waals surface area (Å²) in [4.78, 5) is 11.3. The molecule has 0 unspecified atom stereocenters. The minimum atomic E-state index is 0.175. The van der Waals surface area contributed by atoms with Crippen molar-refractivity contribution in [3.05, 3.63) is 29.3 Å². The lowest BCUT2D eigenvalue weighted by molar-refractivity contribution is -0.115. The van der Waals surface area contributed by atoms with Crippen molar-refractivity contribution in [2.24, 2.45) is 0 Å². The van der Waals surface area contributed by atoms with Gasteiger partial charge in [0.25, 0.3) is 0 Å². The number of halogens is 2. The van der Waals surface area contributed by atoms with Gasteiger partial charge < -0.3 is 4.74 Å². The molecule has 0 bridgehead atoms. The fourth-order valence-electron chi connectivity index (χ4n) is 1.38. The highest BCUT2D eigenvalue weighted by molar-refractivity contribution is 9.09. The molecule has 0 heterocycles. The Morgan fingerprint density at radius 1 is 1.38 bits per heavy atom. The average molecular weight is 350 g/mol. The van der Waals surface area contributed by atoms with Gasteiger partial charge in [-0.1, -0.05) is 44.0 Å². The Labute approximate surface area is 113 Å². The number of carbonyl (C=O) groups excluding carboxylic acids is 1. The van der Waals surface area contributed by atoms with E-state index in [0.29, 0.717) is 18.4 Å². The standard InChI is InChI=1S/C12H14Br2O2/c1-2-16-12-6-9(5-11(15)8-14)3-4-10(12)7-13/h3-4,6H,2,5,7-8H2,1H3. The van der Waals surface area contributed by atoms with Crippen molar-refractivity contribution >= 4 is 37.6 Å². The van der Waals surface area contributed by atoms with Gasteiger partial charge in [0, 0.05) is 17.3 Å². The zero-order valence-corrected chi connectivity index (χ0v) is 12.3. The van der Waals surface area contributed by atoms with Crippen molar-refractivity contribution < 1.29 is 9.53 Å². The molecular weight excluding hydrogens is 336 g/mol. The van der Waals surface area contributed by atoms with E-state index in [0.717, 1.165) is 22.2 Å². The average Bonchev–Trinajstić information content (AvgIpc) is 2.30. The van der Waals surface area contributed by atoms with Crippen LogP contribution in [0.1, 0.15) is 18.1 Å². The van der Waals surface area contributed by atoms with Crippen molar-refractivity contribution in [2.75, 3.05) is 11.9 Å². The monoisotopic (exact) mass is 348 g/mol. The second-order valence-electron chi connectivity index (χ2n) is 3.36. The smallest absolute Gasteiger partial charge is 0.147 e. The molecule has 0 N–H and O–H groups in total. The molecule has 0 aliphatic carbocycles. The molecule has 0 radical (unpaired) electrons. The van der Waals surface area contributed by atoms with Gasteiger partial charge in [0.1, 0.15) is 11.5 Å². The van der Waals surface area contributed by atoms with Gasteiger partial charge in [-0.15, -0.1) is 0 Å². The van der Waals surface area contributed by atoms with Crippen molar-refractivity contribution in [3.8, 4) is 5.75 Å².